The van der Waals surface area contributed by atoms with Crippen LogP contribution < -0.4 is 10.7 Å². The molecule has 4 rings (SSSR count). The van der Waals surface area contributed by atoms with Gasteiger partial charge in [0.1, 0.15) is 17.2 Å². The number of carbonyl (C=O) groups excluding carboxylic acids is 1. The number of nitrogens with one attached hydrogen (secondary N) is 1. The molecule has 0 unspecified atom stereocenters. The van der Waals surface area contributed by atoms with E-state index in [1.165, 1.54) is 30.3 Å². The summed E-state index contributed by atoms with van der Waals surface area (Å²) >= 11 is 0. The SMILES string of the molecule is O=C(Nc1ccc2oc(-c3ccc(F)cc3)c(CO)c(=O)c2c1)c1ccccc1. The zero-order valence-electron chi connectivity index (χ0n) is 15.2. The van der Waals surface area contributed by atoms with Crippen molar-refractivity contribution in [1.82, 2.24) is 0 Å². The third kappa shape index (κ3) is 3.66. The first kappa shape index (κ1) is 18.6. The largest absolute Gasteiger partial charge is 0.455 e. The van der Waals surface area contributed by atoms with Crippen LogP contribution in [0.4, 0.5) is 10.1 Å². The normalized spacial score (nSPS) is 10.8. The monoisotopic (exact) mass is 389 g/mol. The number of aliphatic hydroxyl groups excluding tert-OH is 1. The average molecular weight is 389 g/mol. The lowest BCUT2D eigenvalue weighted by Crippen LogP contribution is -2.14. The van der Waals surface area contributed by atoms with Crippen LogP contribution in [0.2, 0.25) is 0 Å². The molecule has 0 aliphatic carbocycles. The van der Waals surface area contributed by atoms with Gasteiger partial charge in [-0.3, -0.25) is 9.59 Å². The lowest BCUT2D eigenvalue weighted by atomic mass is 10.0. The zero-order valence-corrected chi connectivity index (χ0v) is 15.2. The van der Waals surface area contributed by atoms with Gasteiger partial charge >= 0.3 is 0 Å². The van der Waals surface area contributed by atoms with Crippen molar-refractivity contribution in [1.29, 1.82) is 0 Å². The van der Waals surface area contributed by atoms with E-state index in [2.05, 4.69) is 5.32 Å². The van der Waals surface area contributed by atoms with Crippen LogP contribution in [-0.4, -0.2) is 11.0 Å². The molecule has 0 saturated carbocycles. The fourth-order valence-electron chi connectivity index (χ4n) is 3.08. The highest BCUT2D eigenvalue weighted by Gasteiger charge is 2.16. The molecule has 3 aromatic carbocycles. The maximum Gasteiger partial charge on any atom is 0.255 e. The number of halogens is 1. The maximum absolute atomic E-state index is 13.2. The number of benzene rings is 3. The van der Waals surface area contributed by atoms with Gasteiger partial charge in [0.25, 0.3) is 5.91 Å². The van der Waals surface area contributed by atoms with Crippen LogP contribution in [0.15, 0.2) is 82.0 Å². The highest BCUT2D eigenvalue weighted by Crippen LogP contribution is 2.27. The number of rotatable bonds is 4. The van der Waals surface area contributed by atoms with Crippen molar-refractivity contribution in [3.8, 4) is 11.3 Å². The third-order valence-electron chi connectivity index (χ3n) is 4.54. The Morgan fingerprint density at radius 2 is 1.72 bits per heavy atom. The van der Waals surface area contributed by atoms with Gasteiger partial charge in [0.2, 0.25) is 0 Å². The quantitative estimate of drug-likeness (QED) is 0.544. The number of carbonyl (C=O) groups is 1. The molecule has 1 amide bonds. The van der Waals surface area contributed by atoms with Crippen molar-refractivity contribution in [2.75, 3.05) is 5.32 Å². The lowest BCUT2D eigenvalue weighted by molar-refractivity contribution is 0.102. The van der Waals surface area contributed by atoms with E-state index >= 15 is 0 Å². The second-order valence-corrected chi connectivity index (χ2v) is 6.43. The van der Waals surface area contributed by atoms with Gasteiger partial charge < -0.3 is 14.8 Å². The molecule has 0 aliphatic heterocycles. The Morgan fingerprint density at radius 1 is 1.00 bits per heavy atom. The summed E-state index contributed by atoms with van der Waals surface area (Å²) in [5, 5.41) is 12.7. The fraction of sp³-hybridized carbons (Fsp3) is 0.0435. The second kappa shape index (κ2) is 7.69. The summed E-state index contributed by atoms with van der Waals surface area (Å²) < 4.78 is 19.1. The molecular formula is C23H16FNO4. The van der Waals surface area contributed by atoms with Gasteiger partial charge in [-0.25, -0.2) is 4.39 Å². The van der Waals surface area contributed by atoms with E-state index in [1.54, 1.807) is 36.4 Å². The summed E-state index contributed by atoms with van der Waals surface area (Å²) in [6.45, 7) is -0.536. The first-order valence-electron chi connectivity index (χ1n) is 8.90. The maximum atomic E-state index is 13.2. The van der Waals surface area contributed by atoms with Crippen LogP contribution >= 0.6 is 0 Å². The Balaban J connectivity index is 1.77. The predicted molar refractivity (Wildman–Crippen MR) is 108 cm³/mol. The van der Waals surface area contributed by atoms with Gasteiger partial charge in [-0.15, -0.1) is 0 Å². The van der Waals surface area contributed by atoms with Crippen LogP contribution in [0.5, 0.6) is 0 Å². The topological polar surface area (TPSA) is 79.5 Å². The zero-order chi connectivity index (χ0) is 20.4. The van der Waals surface area contributed by atoms with Crippen molar-refractivity contribution in [2.45, 2.75) is 6.61 Å². The Labute approximate surface area is 165 Å². The molecule has 29 heavy (non-hydrogen) atoms. The standard InChI is InChI=1S/C23H16FNO4/c24-16-8-6-14(7-9-16)22-19(13-26)21(27)18-12-17(10-11-20(18)29-22)25-23(28)15-4-2-1-3-5-15/h1-12,26H,13H2,(H,25,28). The van der Waals surface area contributed by atoms with Crippen LogP contribution in [0.25, 0.3) is 22.3 Å². The summed E-state index contributed by atoms with van der Waals surface area (Å²) in [6.07, 6.45) is 0. The summed E-state index contributed by atoms with van der Waals surface area (Å²) in [5.41, 5.74) is 1.35. The minimum Gasteiger partial charge on any atom is -0.455 e. The van der Waals surface area contributed by atoms with E-state index in [9.17, 15) is 19.1 Å². The van der Waals surface area contributed by atoms with E-state index in [0.29, 0.717) is 22.4 Å². The van der Waals surface area contributed by atoms with Crippen LogP contribution in [0.1, 0.15) is 15.9 Å². The van der Waals surface area contributed by atoms with E-state index in [4.69, 9.17) is 4.42 Å². The van der Waals surface area contributed by atoms with Gasteiger partial charge in [-0.2, -0.15) is 0 Å². The van der Waals surface area contributed by atoms with Gasteiger partial charge in [0.15, 0.2) is 5.43 Å². The highest BCUT2D eigenvalue weighted by atomic mass is 19.1. The molecule has 5 nitrogen and oxygen atoms in total. The fourth-order valence-corrected chi connectivity index (χ4v) is 3.08. The number of hydrogen-bond acceptors (Lipinski definition) is 4. The molecule has 0 aliphatic rings. The molecule has 0 saturated heterocycles. The minimum absolute atomic E-state index is 0.0654. The Hall–Kier alpha value is -3.77. The molecule has 0 spiro atoms. The van der Waals surface area contributed by atoms with E-state index in [0.717, 1.165) is 0 Å². The minimum atomic E-state index is -0.536. The summed E-state index contributed by atoms with van der Waals surface area (Å²) in [7, 11) is 0. The van der Waals surface area contributed by atoms with Crippen molar-refractivity contribution in [3.63, 3.8) is 0 Å². The lowest BCUT2D eigenvalue weighted by Gasteiger charge is -2.10. The van der Waals surface area contributed by atoms with Crippen LogP contribution in [0.3, 0.4) is 0 Å². The molecule has 1 heterocycles. The van der Waals surface area contributed by atoms with Crippen molar-refractivity contribution in [3.05, 3.63) is 100.0 Å². The predicted octanol–water partition coefficient (Wildman–Crippen LogP) is 4.34. The summed E-state index contributed by atoms with van der Waals surface area (Å²) in [6, 6.07) is 18.9. The Morgan fingerprint density at radius 3 is 2.41 bits per heavy atom. The molecule has 0 atom stereocenters. The van der Waals surface area contributed by atoms with Crippen molar-refractivity contribution < 1.29 is 18.7 Å². The second-order valence-electron chi connectivity index (χ2n) is 6.43. The van der Waals surface area contributed by atoms with E-state index < -0.39 is 17.9 Å². The molecule has 144 valence electrons. The average Bonchev–Trinajstić information content (AvgIpc) is 2.75. The molecule has 2 N–H and O–H groups in total. The van der Waals surface area contributed by atoms with Gasteiger partial charge in [-0.05, 0) is 54.6 Å². The van der Waals surface area contributed by atoms with E-state index in [-0.39, 0.29) is 22.6 Å². The molecule has 0 radical (unpaired) electrons. The first-order chi connectivity index (χ1) is 14.1. The molecule has 1 aromatic heterocycles. The molecule has 0 bridgehead atoms. The Kier molecular flexibility index (Phi) is 4.93. The molecule has 4 aromatic rings. The van der Waals surface area contributed by atoms with Gasteiger partial charge in [-0.1, -0.05) is 18.2 Å². The van der Waals surface area contributed by atoms with Gasteiger partial charge in [0, 0.05) is 16.8 Å². The number of aliphatic hydroxyl groups is 1. The van der Waals surface area contributed by atoms with Crippen LogP contribution in [-0.2, 0) is 6.61 Å². The van der Waals surface area contributed by atoms with E-state index in [1.807, 2.05) is 6.07 Å². The number of fused-ring (bicyclic) bond motifs is 1. The van der Waals surface area contributed by atoms with Crippen molar-refractivity contribution >= 4 is 22.6 Å². The summed E-state index contributed by atoms with van der Waals surface area (Å²) in [5.74, 6) is -0.535. The number of anilines is 1. The Bertz CT molecular complexity index is 1250. The van der Waals surface area contributed by atoms with Gasteiger partial charge in [0.05, 0.1) is 17.6 Å². The molecule has 6 heteroatoms. The smallest absolute Gasteiger partial charge is 0.255 e. The summed E-state index contributed by atoms with van der Waals surface area (Å²) in [4.78, 5) is 25.3. The first-order valence-corrected chi connectivity index (χ1v) is 8.90. The number of hydrogen-bond donors (Lipinski definition) is 2. The van der Waals surface area contributed by atoms with Crippen LogP contribution in [0, 0.1) is 5.82 Å². The molecular weight excluding hydrogens is 373 g/mol. The van der Waals surface area contributed by atoms with Crippen molar-refractivity contribution in [2.24, 2.45) is 0 Å². The number of amides is 1. The third-order valence-corrected chi connectivity index (χ3v) is 4.54. The highest BCUT2D eigenvalue weighted by molar-refractivity contribution is 6.05. The molecule has 0 fully saturated rings.